The summed E-state index contributed by atoms with van der Waals surface area (Å²) >= 11 is 0. The van der Waals surface area contributed by atoms with Gasteiger partial charge in [-0.05, 0) is 25.0 Å². The number of pyridine rings is 1. The summed E-state index contributed by atoms with van der Waals surface area (Å²) in [5.41, 5.74) is 1.48. The summed E-state index contributed by atoms with van der Waals surface area (Å²) in [5, 5.41) is 0. The monoisotopic (exact) mass is 376 g/mol. The van der Waals surface area contributed by atoms with Gasteiger partial charge in [-0.15, -0.1) is 0 Å². The average Bonchev–Trinajstić information content (AvgIpc) is 3.24. The number of hydrogen-bond donors (Lipinski definition) is 0. The third-order valence-corrected chi connectivity index (χ3v) is 5.17. The second-order valence-corrected chi connectivity index (χ2v) is 7.39. The van der Waals surface area contributed by atoms with Crippen LogP contribution in [0.25, 0.3) is 5.82 Å². The largest absolute Gasteiger partial charge is 0.337 e. The quantitative estimate of drug-likeness (QED) is 0.699. The molecule has 1 aliphatic heterocycles. The molecule has 1 amide bonds. The van der Waals surface area contributed by atoms with Crippen molar-refractivity contribution in [2.24, 2.45) is 0 Å². The minimum absolute atomic E-state index is 0.0479. The fraction of sp³-hybridized carbons (Fsp3) is 0.381. The number of rotatable bonds is 4. The summed E-state index contributed by atoms with van der Waals surface area (Å²) in [6.45, 7) is 5.67. The van der Waals surface area contributed by atoms with Crippen LogP contribution in [0.3, 0.4) is 0 Å². The molecule has 28 heavy (non-hydrogen) atoms. The van der Waals surface area contributed by atoms with Gasteiger partial charge < -0.3 is 4.90 Å². The van der Waals surface area contributed by atoms with Crippen LogP contribution in [0, 0.1) is 0 Å². The Morgan fingerprint density at radius 1 is 1.11 bits per heavy atom. The molecule has 1 fully saturated rings. The Hall–Kier alpha value is -3.09. The number of hydrogen-bond acceptors (Lipinski definition) is 5. The summed E-state index contributed by atoms with van der Waals surface area (Å²) in [6.07, 6.45) is 10.2. The number of imidazole rings is 1. The topological polar surface area (TPSA) is 76.8 Å². The van der Waals surface area contributed by atoms with E-state index in [-0.39, 0.29) is 5.91 Å². The highest BCUT2D eigenvalue weighted by molar-refractivity contribution is 5.92. The van der Waals surface area contributed by atoms with E-state index in [4.69, 9.17) is 4.98 Å². The van der Waals surface area contributed by atoms with Gasteiger partial charge in [-0.3, -0.25) is 14.3 Å². The molecule has 0 N–H and O–H groups in total. The number of likely N-dealkylation sites (tertiary alicyclic amines) is 1. The Balaban J connectivity index is 1.47. The molecular formula is C21H24N6O. The lowest BCUT2D eigenvalue weighted by molar-refractivity contribution is 0.0705. The molecule has 0 unspecified atom stereocenters. The minimum Gasteiger partial charge on any atom is -0.337 e. The van der Waals surface area contributed by atoms with Crippen LogP contribution in [0.1, 0.15) is 60.5 Å². The third kappa shape index (κ3) is 3.65. The Labute approximate surface area is 164 Å². The van der Waals surface area contributed by atoms with Gasteiger partial charge in [-0.25, -0.2) is 15.0 Å². The van der Waals surface area contributed by atoms with Gasteiger partial charge in [-0.1, -0.05) is 19.9 Å². The first-order valence-corrected chi connectivity index (χ1v) is 9.69. The van der Waals surface area contributed by atoms with E-state index in [2.05, 4.69) is 45.5 Å². The van der Waals surface area contributed by atoms with Gasteiger partial charge in [-0.2, -0.15) is 0 Å². The molecule has 0 spiro atoms. The zero-order chi connectivity index (χ0) is 19.5. The molecule has 0 radical (unpaired) electrons. The SMILES string of the molecule is CC(C)c1nccn1-c1cccc(C2CCN(C(=O)c3cnccn3)CC2)n1. The zero-order valence-corrected chi connectivity index (χ0v) is 16.2. The Morgan fingerprint density at radius 3 is 2.64 bits per heavy atom. The molecule has 4 rings (SSSR count). The van der Waals surface area contributed by atoms with Crippen LogP contribution >= 0.6 is 0 Å². The molecule has 1 saturated heterocycles. The molecule has 0 aliphatic carbocycles. The van der Waals surface area contributed by atoms with Crippen molar-refractivity contribution in [3.8, 4) is 5.82 Å². The first kappa shape index (κ1) is 18.3. The first-order chi connectivity index (χ1) is 13.6. The van der Waals surface area contributed by atoms with Gasteiger partial charge in [0, 0.05) is 55.4 Å². The third-order valence-electron chi connectivity index (χ3n) is 5.17. The van der Waals surface area contributed by atoms with Crippen molar-refractivity contribution < 1.29 is 4.79 Å². The molecule has 7 nitrogen and oxygen atoms in total. The molecule has 0 bridgehead atoms. The Bertz CT molecular complexity index is 944. The van der Waals surface area contributed by atoms with E-state index in [1.165, 1.54) is 6.20 Å². The smallest absolute Gasteiger partial charge is 0.274 e. The van der Waals surface area contributed by atoms with E-state index >= 15 is 0 Å². The Kier molecular flexibility index (Phi) is 5.14. The molecule has 7 heteroatoms. The molecular weight excluding hydrogens is 352 g/mol. The lowest BCUT2D eigenvalue weighted by Gasteiger charge is -2.31. The van der Waals surface area contributed by atoms with Gasteiger partial charge in [0.05, 0.1) is 6.20 Å². The average molecular weight is 376 g/mol. The van der Waals surface area contributed by atoms with Crippen molar-refractivity contribution in [1.82, 2.24) is 29.4 Å². The van der Waals surface area contributed by atoms with Crippen LogP contribution < -0.4 is 0 Å². The number of amides is 1. The Morgan fingerprint density at radius 2 is 1.93 bits per heavy atom. The highest BCUT2D eigenvalue weighted by Crippen LogP contribution is 2.28. The number of carbonyl (C=O) groups excluding carboxylic acids is 1. The van der Waals surface area contributed by atoms with E-state index in [1.54, 1.807) is 12.4 Å². The van der Waals surface area contributed by atoms with Crippen molar-refractivity contribution in [2.45, 2.75) is 38.5 Å². The van der Waals surface area contributed by atoms with Crippen LogP contribution in [0.5, 0.6) is 0 Å². The van der Waals surface area contributed by atoms with E-state index < -0.39 is 0 Å². The summed E-state index contributed by atoms with van der Waals surface area (Å²) in [4.78, 5) is 31.9. The molecule has 0 saturated carbocycles. The summed E-state index contributed by atoms with van der Waals surface area (Å²) in [5.74, 6) is 2.53. The number of nitrogens with zero attached hydrogens (tertiary/aromatic N) is 6. The van der Waals surface area contributed by atoms with Gasteiger partial charge >= 0.3 is 0 Å². The van der Waals surface area contributed by atoms with Crippen LogP contribution in [0.2, 0.25) is 0 Å². The number of piperidine rings is 1. The normalized spacial score (nSPS) is 15.2. The number of carbonyl (C=O) groups is 1. The van der Waals surface area contributed by atoms with Crippen molar-refractivity contribution in [3.05, 3.63) is 66.4 Å². The van der Waals surface area contributed by atoms with E-state index in [9.17, 15) is 4.79 Å². The van der Waals surface area contributed by atoms with Crippen LogP contribution in [0.15, 0.2) is 49.2 Å². The number of aromatic nitrogens is 5. The standard InChI is InChI=1S/C21H24N6O/c1-15(2)20-24-10-13-27(20)19-5-3-4-17(25-19)16-6-11-26(12-7-16)21(28)18-14-22-8-9-23-18/h3-5,8-10,13-16H,6-7,11-12H2,1-2H3. The van der Waals surface area contributed by atoms with Gasteiger partial charge in [0.15, 0.2) is 0 Å². The predicted octanol–water partition coefficient (Wildman–Crippen LogP) is 3.20. The maximum atomic E-state index is 12.6. The lowest BCUT2D eigenvalue weighted by Crippen LogP contribution is -2.38. The zero-order valence-electron chi connectivity index (χ0n) is 16.2. The maximum Gasteiger partial charge on any atom is 0.274 e. The predicted molar refractivity (Wildman–Crippen MR) is 105 cm³/mol. The second-order valence-electron chi connectivity index (χ2n) is 7.39. The highest BCUT2D eigenvalue weighted by atomic mass is 16.2. The lowest BCUT2D eigenvalue weighted by atomic mass is 9.93. The van der Waals surface area contributed by atoms with E-state index in [0.717, 1.165) is 30.2 Å². The van der Waals surface area contributed by atoms with Crippen LogP contribution in [-0.4, -0.2) is 48.4 Å². The fourth-order valence-electron chi connectivity index (χ4n) is 3.69. The first-order valence-electron chi connectivity index (χ1n) is 9.69. The molecule has 4 heterocycles. The maximum absolute atomic E-state index is 12.6. The van der Waals surface area contributed by atoms with Crippen molar-refractivity contribution >= 4 is 5.91 Å². The fourth-order valence-corrected chi connectivity index (χ4v) is 3.69. The molecule has 0 atom stereocenters. The van der Waals surface area contributed by atoms with Crippen LogP contribution in [0.4, 0.5) is 0 Å². The molecule has 3 aromatic rings. The minimum atomic E-state index is -0.0479. The second kappa shape index (κ2) is 7.88. The van der Waals surface area contributed by atoms with E-state index in [1.807, 2.05) is 23.4 Å². The van der Waals surface area contributed by atoms with E-state index in [0.29, 0.717) is 30.6 Å². The summed E-state index contributed by atoms with van der Waals surface area (Å²) in [7, 11) is 0. The van der Waals surface area contributed by atoms with Gasteiger partial charge in [0.1, 0.15) is 17.3 Å². The van der Waals surface area contributed by atoms with Gasteiger partial charge in [0.2, 0.25) is 0 Å². The van der Waals surface area contributed by atoms with Crippen molar-refractivity contribution in [2.75, 3.05) is 13.1 Å². The molecule has 144 valence electrons. The summed E-state index contributed by atoms with van der Waals surface area (Å²) in [6, 6.07) is 6.16. The van der Waals surface area contributed by atoms with Crippen LogP contribution in [-0.2, 0) is 0 Å². The molecule has 3 aromatic heterocycles. The van der Waals surface area contributed by atoms with Crippen molar-refractivity contribution in [1.29, 1.82) is 0 Å². The summed E-state index contributed by atoms with van der Waals surface area (Å²) < 4.78 is 2.06. The van der Waals surface area contributed by atoms with Crippen molar-refractivity contribution in [3.63, 3.8) is 0 Å². The molecule has 1 aliphatic rings. The highest BCUT2D eigenvalue weighted by Gasteiger charge is 2.26. The van der Waals surface area contributed by atoms with Gasteiger partial charge in [0.25, 0.3) is 5.91 Å². The molecule has 0 aromatic carbocycles.